The maximum atomic E-state index is 10.9. The first-order chi connectivity index (χ1) is 11.7. The van der Waals surface area contributed by atoms with Gasteiger partial charge in [0.25, 0.3) is 6.08 Å². The van der Waals surface area contributed by atoms with Crippen LogP contribution in [0.5, 0.6) is 0 Å². The number of hydrogen-bond donors (Lipinski definition) is 0. The molecule has 0 saturated carbocycles. The Morgan fingerprint density at radius 1 is 0.935 bits per heavy atom. The van der Waals surface area contributed by atoms with Crippen LogP contribution in [0, 0.1) is 14.6 Å². The second kappa shape index (κ2) is 147. The monoisotopic (exact) mass is 1590 g/mol. The van der Waals surface area contributed by atoms with E-state index in [2.05, 4.69) is 127 Å². The van der Waals surface area contributed by atoms with Crippen LogP contribution in [0.1, 0.15) is 41.0 Å². The van der Waals surface area contributed by atoms with Crippen molar-refractivity contribution in [2.45, 2.75) is 41.0 Å². The normalized spacial score (nSPS) is 4.74. The second-order valence-corrected chi connectivity index (χ2v) is 49.1. The van der Waals surface area contributed by atoms with Crippen LogP contribution in [0.4, 0.5) is 22.0 Å². The molecule has 0 aliphatic heterocycles. The fourth-order valence-corrected chi connectivity index (χ4v) is 0.154. The van der Waals surface area contributed by atoms with Gasteiger partial charge in [-0.2, -0.15) is 16.0 Å². The second-order valence-electron chi connectivity index (χ2n) is 1.97. The molecule has 193 valence electrons. The number of carbonyl (C=O) groups excluding carboxylic acids is 2. The van der Waals surface area contributed by atoms with Gasteiger partial charge in [0.2, 0.25) is 6.93 Å². The standard InChI is InChI=1S/C4H6F2.C3H8.CH2F2.CH2F.2CHO.CH4.CH3.5HI.2V.2W.2Y/c1-2-3-4(5)6;1-3-2;2-1-3;3*1-2;;;;;;;;;;;;;/h3H,2H2,1H3;3H2,1-2H3;1H2;1H2;2*1H;1H4;1H3;5*1H;;;;;;/q;;;3*-1;;-1;;;;;;+2;+3;;;;/p-5. The zero-order chi connectivity index (χ0) is 22.7. The molecule has 0 aromatic carbocycles. The number of allylic oxidation sites excluding steroid dienone is 1. The molecule has 31 heavy (non-hydrogen) atoms. The van der Waals surface area contributed by atoms with Gasteiger partial charge in [-0.1, -0.05) is 34.6 Å². The minimum absolute atomic E-state index is 0. The smallest absolute Gasteiger partial charge is 0 e. The fraction of sp³-hybridized carbons (Fsp3) is 0.538. The summed E-state index contributed by atoms with van der Waals surface area (Å²) in [5.74, 6) is 0. The van der Waals surface area contributed by atoms with Crippen LogP contribution in [0.25, 0.3) is 0 Å². The quantitative estimate of drug-likeness (QED) is 0.114. The Labute approximate surface area is 333 Å². The summed E-state index contributed by atoms with van der Waals surface area (Å²) in [5.41, 5.74) is 0. The van der Waals surface area contributed by atoms with Gasteiger partial charge in [0, 0.05) is 108 Å². The van der Waals surface area contributed by atoms with E-state index in [4.69, 9.17) is 9.59 Å². The first-order valence-corrected chi connectivity index (χ1v) is 27.8. The van der Waals surface area contributed by atoms with E-state index in [1.165, 1.54) is 6.42 Å². The van der Waals surface area contributed by atoms with Crippen LogP contribution in [0.3, 0.4) is 0 Å². The van der Waals surface area contributed by atoms with Crippen LogP contribution in [0.2, 0.25) is 0 Å². The van der Waals surface area contributed by atoms with Gasteiger partial charge in [0.1, 0.15) is 0 Å². The Kier molecular flexibility index (Phi) is 429. The number of alkyl halides is 2. The van der Waals surface area contributed by atoms with E-state index < -0.39 is 13.0 Å². The Hall–Kier alpha value is 7.13. The molecular weight excluding hydrogens is 1570 g/mol. The van der Waals surface area contributed by atoms with Gasteiger partial charge in [-0.25, -0.2) is 8.78 Å². The summed E-state index contributed by atoms with van der Waals surface area (Å²) in [6, 6.07) is 0. The topological polar surface area (TPSA) is 34.1 Å². The van der Waals surface area contributed by atoms with Crippen molar-refractivity contribution in [3.05, 3.63) is 26.8 Å². The molecule has 0 amide bonds. The molecule has 0 saturated heterocycles. The summed E-state index contributed by atoms with van der Waals surface area (Å²) in [6.45, 7) is 10.7. The Balaban J connectivity index is -0.00000000891. The zero-order valence-corrected chi connectivity index (χ0v) is 41.6. The van der Waals surface area contributed by atoms with Crippen molar-refractivity contribution in [1.29, 1.82) is 0 Å². The molecule has 2 nitrogen and oxygen atoms in total. The first-order valence-electron chi connectivity index (χ1n) is 5.31. The maximum Gasteiger partial charge on any atom is 0 e. The van der Waals surface area contributed by atoms with Gasteiger partial charge in [-0.3, -0.25) is 13.6 Å². The predicted molar refractivity (Wildman–Crippen MR) is 147 cm³/mol. The van der Waals surface area contributed by atoms with E-state index in [-0.39, 0.29) is 127 Å². The van der Waals surface area contributed by atoms with Gasteiger partial charge in [-0.15, -0.1) is 0 Å². The molecule has 0 spiro atoms. The number of hydrogen-bond acceptors (Lipinski definition) is 2. The summed E-state index contributed by atoms with van der Waals surface area (Å²) in [4.78, 5) is 15.2. The molecule has 0 N–H and O–H groups in total. The molecule has 0 aromatic heterocycles. The summed E-state index contributed by atoms with van der Waals surface area (Å²) in [7, 11) is 2.38. The average molecular weight is 1590 g/mol. The van der Waals surface area contributed by atoms with Crippen molar-refractivity contribution in [2.75, 3.05) is 6.93 Å². The molecule has 2 radical (unpaired) electrons. The van der Waals surface area contributed by atoms with Crippen molar-refractivity contribution in [3.63, 3.8) is 0 Å². The average Bonchev–Trinajstić information content (AvgIpc) is 2.55. The van der Waals surface area contributed by atoms with Crippen LogP contribution in [-0.4, -0.2) is 20.5 Å². The van der Waals surface area contributed by atoms with E-state index in [0.29, 0.717) is 15.9 Å². The first kappa shape index (κ1) is 90.3. The van der Waals surface area contributed by atoms with Gasteiger partial charge < -0.3 is 21.4 Å². The zero-order valence-electron chi connectivity index (χ0n) is 16.5. The molecule has 0 rings (SSSR count). The molecule has 0 atom stereocenters. The van der Waals surface area contributed by atoms with E-state index in [9.17, 15) is 22.0 Å². The van der Waals surface area contributed by atoms with Crippen LogP contribution >= 0.6 is 99.9 Å². The minimum Gasteiger partial charge on any atom is 0 e. The number of rotatable bonds is 1. The van der Waals surface area contributed by atoms with Crippen molar-refractivity contribution in [3.8, 4) is 0 Å². The Morgan fingerprint density at radius 2 is 1.03 bits per heavy atom. The van der Waals surface area contributed by atoms with Crippen molar-refractivity contribution < 1.29 is 153 Å². The molecular formula is C13H27F5I5O2V2W2Y2-4. The third-order valence-corrected chi connectivity index (χ3v) is 0.358. The summed E-state index contributed by atoms with van der Waals surface area (Å²) < 4.78 is 50.3. The summed E-state index contributed by atoms with van der Waals surface area (Å²) in [5, 5.41) is 0. The van der Waals surface area contributed by atoms with E-state index in [1.807, 2.05) is 0 Å². The number of halogens is 10. The van der Waals surface area contributed by atoms with Gasteiger partial charge in [0.15, 0.2) is 0 Å². The van der Waals surface area contributed by atoms with Crippen molar-refractivity contribution in [1.82, 2.24) is 0 Å². The van der Waals surface area contributed by atoms with Gasteiger partial charge in [-0.05, 0) is 12.5 Å². The van der Waals surface area contributed by atoms with Crippen molar-refractivity contribution >= 4 is 113 Å². The largest absolute Gasteiger partial charge is 0 e. The Morgan fingerprint density at radius 3 is 1.03 bits per heavy atom. The summed E-state index contributed by atoms with van der Waals surface area (Å²) in [6.07, 6.45) is 0.958. The van der Waals surface area contributed by atoms with Gasteiger partial charge >= 0.3 is 114 Å². The van der Waals surface area contributed by atoms with Crippen LogP contribution in [-0.2, 0) is 132 Å². The molecule has 18 heteroatoms. The van der Waals surface area contributed by atoms with E-state index in [1.54, 1.807) is 14.1 Å². The third-order valence-electron chi connectivity index (χ3n) is 0.358. The van der Waals surface area contributed by atoms with E-state index in [0.717, 1.165) is 6.08 Å². The molecule has 0 aliphatic carbocycles. The summed E-state index contributed by atoms with van der Waals surface area (Å²) >= 11 is 12.1. The molecule has 0 aromatic rings. The fourth-order valence-electron chi connectivity index (χ4n) is 0.154. The van der Waals surface area contributed by atoms with Crippen LogP contribution in [0.15, 0.2) is 12.2 Å². The SMILES string of the molecule is C.CCC.CCC=C(F)F.FCF.[CH-]=O.[CH-]=O.[CH2-]F.[CH3-].[I][V]([I])[I].[I][V][I].[W].[W].[Y].[Y]. The third kappa shape index (κ3) is 446. The van der Waals surface area contributed by atoms with Crippen LogP contribution < -0.4 is 0 Å². The van der Waals surface area contributed by atoms with Crippen molar-refractivity contribution in [2.24, 2.45) is 0 Å². The molecule has 0 fully saturated rings. The minimum atomic E-state index is -1.75. The molecule has 0 bridgehead atoms. The maximum absolute atomic E-state index is 10.9. The molecule has 0 aliphatic rings. The molecule has 0 heterocycles. The molecule has 0 unspecified atom stereocenters. The Bertz CT molecular complexity index is 192. The van der Waals surface area contributed by atoms with E-state index >= 15 is 0 Å². The van der Waals surface area contributed by atoms with Gasteiger partial charge in [0.05, 0.1) is 0 Å². The predicted octanol–water partition coefficient (Wildman–Crippen LogP) is 10.2.